The summed E-state index contributed by atoms with van der Waals surface area (Å²) in [5, 5.41) is 16.2. The van der Waals surface area contributed by atoms with Crippen LogP contribution in [0.5, 0.6) is 0 Å². The van der Waals surface area contributed by atoms with Crippen LogP contribution in [0, 0.1) is 6.92 Å². The maximum absolute atomic E-state index is 12.1. The van der Waals surface area contributed by atoms with Gasteiger partial charge in [-0.1, -0.05) is 19.9 Å². The van der Waals surface area contributed by atoms with E-state index in [2.05, 4.69) is 33.1 Å². The highest BCUT2D eigenvalue weighted by Crippen LogP contribution is 2.20. The fourth-order valence-electron chi connectivity index (χ4n) is 2.25. The van der Waals surface area contributed by atoms with Crippen molar-refractivity contribution < 1.29 is 9.59 Å². The Bertz CT molecular complexity index is 740. The summed E-state index contributed by atoms with van der Waals surface area (Å²) in [6.45, 7) is 6.85. The minimum absolute atomic E-state index is 0.0695. The van der Waals surface area contributed by atoms with Gasteiger partial charge in [0.15, 0.2) is 5.82 Å². The second-order valence-corrected chi connectivity index (χ2v) is 5.68. The van der Waals surface area contributed by atoms with Crippen LogP contribution in [0.25, 0.3) is 0 Å². The highest BCUT2D eigenvalue weighted by molar-refractivity contribution is 5.94. The predicted molar refractivity (Wildman–Crippen MR) is 96.3 cm³/mol. The molecule has 1 heterocycles. The third-order valence-corrected chi connectivity index (χ3v) is 3.66. The van der Waals surface area contributed by atoms with E-state index in [4.69, 9.17) is 0 Å². The standard InChI is InChI=1S/C17H24N6O2/c1-4-8-23-11-19-22-15(23)10-18-17(25)20-13-7-6-12(3)14(9-13)21-16(24)5-2/h6-7,9,11H,4-5,8,10H2,1-3H3,(H,21,24)(H2,18,20,25). The van der Waals surface area contributed by atoms with Gasteiger partial charge in [0.2, 0.25) is 5.91 Å². The molecule has 2 rings (SSSR count). The predicted octanol–water partition coefficient (Wildman–Crippen LogP) is 2.67. The zero-order valence-corrected chi connectivity index (χ0v) is 14.8. The number of amides is 3. The third kappa shape index (κ3) is 5.30. The summed E-state index contributed by atoms with van der Waals surface area (Å²) in [5.74, 6) is 0.636. The van der Waals surface area contributed by atoms with E-state index in [1.54, 1.807) is 25.4 Å². The largest absolute Gasteiger partial charge is 0.331 e. The normalized spacial score (nSPS) is 10.4. The van der Waals surface area contributed by atoms with Gasteiger partial charge in [0.05, 0.1) is 6.54 Å². The second kappa shape index (κ2) is 8.81. The van der Waals surface area contributed by atoms with Gasteiger partial charge in [-0.15, -0.1) is 10.2 Å². The summed E-state index contributed by atoms with van der Waals surface area (Å²) in [5.41, 5.74) is 2.22. The van der Waals surface area contributed by atoms with Crippen molar-refractivity contribution in [2.75, 3.05) is 10.6 Å². The molecule has 0 unspecified atom stereocenters. The van der Waals surface area contributed by atoms with Crippen molar-refractivity contribution in [1.29, 1.82) is 0 Å². The van der Waals surface area contributed by atoms with E-state index < -0.39 is 0 Å². The van der Waals surface area contributed by atoms with E-state index in [0.717, 1.165) is 18.5 Å². The summed E-state index contributed by atoms with van der Waals surface area (Å²) in [6.07, 6.45) is 3.02. The van der Waals surface area contributed by atoms with Gasteiger partial charge in [-0.3, -0.25) is 4.79 Å². The molecular formula is C17H24N6O2. The molecule has 0 fully saturated rings. The molecule has 2 aromatic rings. The first-order chi connectivity index (χ1) is 12.0. The number of carbonyl (C=O) groups excluding carboxylic acids is 2. The molecule has 25 heavy (non-hydrogen) atoms. The number of nitrogens with zero attached hydrogens (tertiary/aromatic N) is 3. The van der Waals surface area contributed by atoms with Crippen LogP contribution in [0.15, 0.2) is 24.5 Å². The number of hydrogen-bond acceptors (Lipinski definition) is 4. The lowest BCUT2D eigenvalue weighted by Crippen LogP contribution is -2.29. The summed E-state index contributed by atoms with van der Waals surface area (Å²) in [4.78, 5) is 23.6. The van der Waals surface area contributed by atoms with Crippen molar-refractivity contribution in [3.05, 3.63) is 35.9 Å². The number of aryl methyl sites for hydroxylation is 2. The monoisotopic (exact) mass is 344 g/mol. The number of nitrogens with one attached hydrogen (secondary N) is 3. The molecule has 0 radical (unpaired) electrons. The van der Waals surface area contributed by atoms with Crippen molar-refractivity contribution in [1.82, 2.24) is 20.1 Å². The molecule has 8 heteroatoms. The lowest BCUT2D eigenvalue weighted by Gasteiger charge is -2.12. The fraction of sp³-hybridized carbons (Fsp3) is 0.412. The Balaban J connectivity index is 1.95. The minimum Gasteiger partial charge on any atom is -0.331 e. The molecule has 0 saturated carbocycles. The fourth-order valence-corrected chi connectivity index (χ4v) is 2.25. The average Bonchev–Trinajstić information content (AvgIpc) is 3.03. The van der Waals surface area contributed by atoms with Crippen molar-refractivity contribution in [2.24, 2.45) is 0 Å². The Hall–Kier alpha value is -2.90. The highest BCUT2D eigenvalue weighted by Gasteiger charge is 2.08. The molecule has 0 bridgehead atoms. The van der Waals surface area contributed by atoms with Crippen molar-refractivity contribution in [3.8, 4) is 0 Å². The molecule has 8 nitrogen and oxygen atoms in total. The summed E-state index contributed by atoms with van der Waals surface area (Å²) in [6, 6.07) is 5.03. The van der Waals surface area contributed by atoms with Crippen LogP contribution in [0.1, 0.15) is 38.1 Å². The van der Waals surface area contributed by atoms with Crippen LogP contribution in [-0.4, -0.2) is 26.7 Å². The van der Waals surface area contributed by atoms with Crippen LogP contribution in [-0.2, 0) is 17.9 Å². The van der Waals surface area contributed by atoms with E-state index in [9.17, 15) is 9.59 Å². The van der Waals surface area contributed by atoms with Gasteiger partial charge < -0.3 is 20.5 Å². The Labute approximate surface area is 147 Å². The van der Waals surface area contributed by atoms with E-state index in [-0.39, 0.29) is 18.5 Å². The van der Waals surface area contributed by atoms with Gasteiger partial charge in [0, 0.05) is 24.3 Å². The molecule has 0 atom stereocenters. The average molecular weight is 344 g/mol. The SMILES string of the molecule is CCCn1cnnc1CNC(=O)Nc1ccc(C)c(NC(=O)CC)c1. The zero-order chi connectivity index (χ0) is 18.2. The first kappa shape index (κ1) is 18.4. The Kier molecular flexibility index (Phi) is 6.50. The van der Waals surface area contributed by atoms with Gasteiger partial charge in [-0.25, -0.2) is 4.79 Å². The van der Waals surface area contributed by atoms with Gasteiger partial charge >= 0.3 is 6.03 Å². The molecule has 134 valence electrons. The van der Waals surface area contributed by atoms with E-state index in [0.29, 0.717) is 23.6 Å². The molecule has 3 N–H and O–H groups in total. The first-order valence-corrected chi connectivity index (χ1v) is 8.35. The van der Waals surface area contributed by atoms with Crippen LogP contribution in [0.3, 0.4) is 0 Å². The number of benzene rings is 1. The van der Waals surface area contributed by atoms with Gasteiger partial charge in [0.25, 0.3) is 0 Å². The second-order valence-electron chi connectivity index (χ2n) is 5.68. The molecule has 3 amide bonds. The van der Waals surface area contributed by atoms with Crippen LogP contribution >= 0.6 is 0 Å². The molecule has 1 aromatic carbocycles. The number of anilines is 2. The van der Waals surface area contributed by atoms with E-state index >= 15 is 0 Å². The lowest BCUT2D eigenvalue weighted by atomic mass is 10.1. The lowest BCUT2D eigenvalue weighted by molar-refractivity contribution is -0.115. The van der Waals surface area contributed by atoms with Gasteiger partial charge in [-0.05, 0) is 31.0 Å². The summed E-state index contributed by atoms with van der Waals surface area (Å²) < 4.78 is 1.91. The molecule has 0 aliphatic carbocycles. The first-order valence-electron chi connectivity index (χ1n) is 8.35. The van der Waals surface area contributed by atoms with Crippen molar-refractivity contribution >= 4 is 23.3 Å². The van der Waals surface area contributed by atoms with Crippen molar-refractivity contribution in [2.45, 2.75) is 46.7 Å². The van der Waals surface area contributed by atoms with Crippen molar-refractivity contribution in [3.63, 3.8) is 0 Å². The number of carbonyl (C=O) groups is 2. The number of urea groups is 1. The molecule has 0 spiro atoms. The number of hydrogen-bond donors (Lipinski definition) is 3. The van der Waals surface area contributed by atoms with E-state index in [1.807, 2.05) is 17.6 Å². The van der Waals surface area contributed by atoms with E-state index in [1.165, 1.54) is 0 Å². The van der Waals surface area contributed by atoms with Crippen LogP contribution in [0.2, 0.25) is 0 Å². The Morgan fingerprint density at radius 1 is 1.20 bits per heavy atom. The van der Waals surface area contributed by atoms with Gasteiger partial charge in [-0.2, -0.15) is 0 Å². The van der Waals surface area contributed by atoms with Crippen LogP contribution < -0.4 is 16.0 Å². The summed E-state index contributed by atoms with van der Waals surface area (Å²) >= 11 is 0. The topological polar surface area (TPSA) is 101 Å². The molecule has 0 aliphatic heterocycles. The minimum atomic E-state index is -0.345. The highest BCUT2D eigenvalue weighted by atomic mass is 16.2. The molecule has 0 saturated heterocycles. The number of rotatable bonds is 7. The zero-order valence-electron chi connectivity index (χ0n) is 14.8. The number of aromatic nitrogens is 3. The third-order valence-electron chi connectivity index (χ3n) is 3.66. The molecular weight excluding hydrogens is 320 g/mol. The Morgan fingerprint density at radius 2 is 2.00 bits per heavy atom. The molecule has 1 aromatic heterocycles. The smallest absolute Gasteiger partial charge is 0.319 e. The maximum atomic E-state index is 12.1. The molecule has 0 aliphatic rings. The Morgan fingerprint density at radius 3 is 2.72 bits per heavy atom. The summed E-state index contributed by atoms with van der Waals surface area (Å²) in [7, 11) is 0. The maximum Gasteiger partial charge on any atom is 0.319 e. The van der Waals surface area contributed by atoms with Crippen LogP contribution in [0.4, 0.5) is 16.2 Å². The van der Waals surface area contributed by atoms with Gasteiger partial charge in [0.1, 0.15) is 6.33 Å². The quantitative estimate of drug-likeness (QED) is 0.719.